The van der Waals surface area contributed by atoms with E-state index in [9.17, 15) is 14.7 Å². The minimum atomic E-state index is -0.799. The molecule has 0 saturated carbocycles. The van der Waals surface area contributed by atoms with Crippen LogP contribution in [-0.2, 0) is 20.7 Å². The summed E-state index contributed by atoms with van der Waals surface area (Å²) in [5, 5.41) is 11.9. The first-order valence-electron chi connectivity index (χ1n) is 7.48. The lowest BCUT2D eigenvalue weighted by Gasteiger charge is -2.15. The number of rotatable bonds is 6. The van der Waals surface area contributed by atoms with E-state index in [0.29, 0.717) is 0 Å². The molecule has 0 aliphatic carbocycles. The number of phenols is 1. The molecule has 124 valence electrons. The number of carbonyl (C=O) groups excluding carboxylic acids is 2. The molecule has 2 aromatic carbocycles. The van der Waals surface area contributed by atoms with E-state index in [1.807, 2.05) is 30.3 Å². The van der Waals surface area contributed by atoms with Crippen molar-refractivity contribution in [3.8, 4) is 5.75 Å². The number of amides is 1. The third-order valence-electron chi connectivity index (χ3n) is 3.41. The van der Waals surface area contributed by atoms with Crippen LogP contribution in [0.25, 0.3) is 6.08 Å². The number of ether oxygens (including phenoxy) is 1. The van der Waals surface area contributed by atoms with Crippen molar-refractivity contribution in [1.29, 1.82) is 0 Å². The zero-order valence-electron chi connectivity index (χ0n) is 13.3. The molecule has 0 fully saturated rings. The zero-order valence-corrected chi connectivity index (χ0v) is 13.3. The number of phenolic OH excluding ortho intramolecular Hbond substituents is 1. The van der Waals surface area contributed by atoms with E-state index >= 15 is 0 Å². The lowest BCUT2D eigenvalue weighted by Crippen LogP contribution is -2.42. The largest absolute Gasteiger partial charge is 0.508 e. The van der Waals surface area contributed by atoms with E-state index in [2.05, 4.69) is 5.32 Å². The molecular formula is C19H19NO4. The molecule has 1 amide bonds. The van der Waals surface area contributed by atoms with Gasteiger partial charge in [-0.2, -0.15) is 0 Å². The Morgan fingerprint density at radius 1 is 1.12 bits per heavy atom. The minimum absolute atomic E-state index is 0.142. The van der Waals surface area contributed by atoms with E-state index < -0.39 is 12.0 Å². The molecule has 2 aromatic rings. The van der Waals surface area contributed by atoms with Crippen molar-refractivity contribution >= 4 is 18.0 Å². The lowest BCUT2D eigenvalue weighted by atomic mass is 10.1. The molecule has 2 rings (SSSR count). The average molecular weight is 325 g/mol. The predicted octanol–water partition coefficient (Wildman–Crippen LogP) is 2.31. The Kier molecular flexibility index (Phi) is 6.14. The van der Waals surface area contributed by atoms with Gasteiger partial charge in [0, 0.05) is 12.5 Å². The summed E-state index contributed by atoms with van der Waals surface area (Å²) in [6.45, 7) is 0. The van der Waals surface area contributed by atoms with Gasteiger partial charge in [0.1, 0.15) is 11.8 Å². The Morgan fingerprint density at radius 3 is 2.42 bits per heavy atom. The third-order valence-corrected chi connectivity index (χ3v) is 3.41. The van der Waals surface area contributed by atoms with Crippen LogP contribution in [0, 0.1) is 0 Å². The molecule has 0 heterocycles. The number of aromatic hydroxyl groups is 1. The van der Waals surface area contributed by atoms with Crippen molar-refractivity contribution in [1.82, 2.24) is 5.32 Å². The molecule has 5 nitrogen and oxygen atoms in total. The first-order chi connectivity index (χ1) is 11.6. The van der Waals surface area contributed by atoms with Crippen LogP contribution in [0.4, 0.5) is 0 Å². The second kappa shape index (κ2) is 8.53. The van der Waals surface area contributed by atoms with Gasteiger partial charge in [-0.25, -0.2) is 4.79 Å². The van der Waals surface area contributed by atoms with Crippen molar-refractivity contribution < 1.29 is 19.4 Å². The third kappa shape index (κ3) is 5.28. The number of carbonyl (C=O) groups is 2. The van der Waals surface area contributed by atoms with Crippen LogP contribution in [0.2, 0.25) is 0 Å². The summed E-state index contributed by atoms with van der Waals surface area (Å²) >= 11 is 0. The highest BCUT2D eigenvalue weighted by Gasteiger charge is 2.21. The van der Waals surface area contributed by atoms with Crippen LogP contribution in [0.1, 0.15) is 11.1 Å². The molecule has 24 heavy (non-hydrogen) atoms. The van der Waals surface area contributed by atoms with Crippen LogP contribution in [0.5, 0.6) is 5.75 Å². The van der Waals surface area contributed by atoms with E-state index in [0.717, 1.165) is 11.1 Å². The van der Waals surface area contributed by atoms with E-state index in [-0.39, 0.29) is 18.1 Å². The molecule has 0 radical (unpaired) electrons. The van der Waals surface area contributed by atoms with E-state index in [1.165, 1.54) is 25.3 Å². The zero-order chi connectivity index (χ0) is 17.4. The molecule has 0 bridgehead atoms. The molecule has 1 atom stereocenters. The summed E-state index contributed by atoms with van der Waals surface area (Å²) < 4.78 is 4.74. The smallest absolute Gasteiger partial charge is 0.328 e. The highest BCUT2D eigenvalue weighted by molar-refractivity contribution is 5.94. The Hall–Kier alpha value is -3.08. The van der Waals surface area contributed by atoms with Crippen LogP contribution in [0.15, 0.2) is 60.7 Å². The molecule has 0 aliphatic rings. The lowest BCUT2D eigenvalue weighted by molar-refractivity contribution is -0.144. The SMILES string of the molecule is COC(=O)[C@@H](Cc1ccc(O)cc1)NC(=O)/C=C/c1ccccc1. The highest BCUT2D eigenvalue weighted by atomic mass is 16.5. The molecule has 0 aliphatic heterocycles. The molecule has 0 saturated heterocycles. The summed E-state index contributed by atoms with van der Waals surface area (Å²) in [5.74, 6) is -0.763. The number of esters is 1. The highest BCUT2D eigenvalue weighted by Crippen LogP contribution is 2.12. The van der Waals surface area contributed by atoms with Crippen molar-refractivity contribution in [2.45, 2.75) is 12.5 Å². The predicted molar refractivity (Wildman–Crippen MR) is 91.2 cm³/mol. The number of hydrogen-bond acceptors (Lipinski definition) is 4. The summed E-state index contributed by atoms with van der Waals surface area (Å²) in [6.07, 6.45) is 3.32. The maximum absolute atomic E-state index is 12.0. The normalized spacial score (nSPS) is 11.9. The first-order valence-corrected chi connectivity index (χ1v) is 7.48. The van der Waals surface area contributed by atoms with Gasteiger partial charge in [-0.05, 0) is 29.3 Å². The van der Waals surface area contributed by atoms with Gasteiger partial charge in [0.2, 0.25) is 5.91 Å². The molecule has 0 aromatic heterocycles. The molecule has 2 N–H and O–H groups in total. The van der Waals surface area contributed by atoms with Crippen LogP contribution in [-0.4, -0.2) is 30.1 Å². The Morgan fingerprint density at radius 2 is 1.79 bits per heavy atom. The quantitative estimate of drug-likeness (QED) is 0.631. The fraction of sp³-hybridized carbons (Fsp3) is 0.158. The average Bonchev–Trinajstić information content (AvgIpc) is 2.61. The van der Waals surface area contributed by atoms with Gasteiger partial charge >= 0.3 is 5.97 Å². The van der Waals surface area contributed by atoms with Gasteiger partial charge in [-0.3, -0.25) is 4.79 Å². The minimum Gasteiger partial charge on any atom is -0.508 e. The summed E-state index contributed by atoms with van der Waals surface area (Å²) in [6, 6.07) is 15.0. The van der Waals surface area contributed by atoms with Gasteiger partial charge in [0.05, 0.1) is 7.11 Å². The number of methoxy groups -OCH3 is 1. The summed E-state index contributed by atoms with van der Waals surface area (Å²) in [7, 11) is 1.28. The number of benzene rings is 2. The maximum atomic E-state index is 12.0. The monoisotopic (exact) mass is 325 g/mol. The van der Waals surface area contributed by atoms with Crippen molar-refractivity contribution in [3.05, 3.63) is 71.8 Å². The van der Waals surface area contributed by atoms with Crippen molar-refractivity contribution in [2.75, 3.05) is 7.11 Å². The second-order valence-corrected chi connectivity index (χ2v) is 5.20. The standard InChI is InChI=1S/C19H19NO4/c1-24-19(23)17(13-15-7-10-16(21)11-8-15)20-18(22)12-9-14-5-3-2-4-6-14/h2-12,17,21H,13H2,1H3,(H,20,22)/b12-9+/t17-/m1/s1. The van der Waals surface area contributed by atoms with Crippen LogP contribution < -0.4 is 5.32 Å². The number of hydrogen-bond donors (Lipinski definition) is 2. The topological polar surface area (TPSA) is 75.6 Å². The van der Waals surface area contributed by atoms with Crippen molar-refractivity contribution in [2.24, 2.45) is 0 Å². The van der Waals surface area contributed by atoms with Gasteiger partial charge in [-0.15, -0.1) is 0 Å². The van der Waals surface area contributed by atoms with Gasteiger partial charge in [0.25, 0.3) is 0 Å². The van der Waals surface area contributed by atoms with Crippen LogP contribution >= 0.6 is 0 Å². The van der Waals surface area contributed by atoms with Gasteiger partial charge in [0.15, 0.2) is 0 Å². The first kappa shape index (κ1) is 17.3. The van der Waals surface area contributed by atoms with Gasteiger partial charge in [-0.1, -0.05) is 42.5 Å². The van der Waals surface area contributed by atoms with E-state index in [1.54, 1.807) is 18.2 Å². The van der Waals surface area contributed by atoms with E-state index in [4.69, 9.17) is 4.74 Å². The molecular weight excluding hydrogens is 306 g/mol. The fourth-order valence-electron chi connectivity index (χ4n) is 2.16. The Labute approximate surface area is 140 Å². The molecule has 0 unspecified atom stereocenters. The van der Waals surface area contributed by atoms with Crippen molar-refractivity contribution in [3.63, 3.8) is 0 Å². The summed E-state index contributed by atoms with van der Waals surface area (Å²) in [4.78, 5) is 23.9. The Bertz CT molecular complexity index is 708. The Balaban J connectivity index is 2.02. The fourth-order valence-corrected chi connectivity index (χ4v) is 2.16. The summed E-state index contributed by atoms with van der Waals surface area (Å²) in [5.41, 5.74) is 1.69. The number of nitrogens with one attached hydrogen (secondary N) is 1. The van der Waals surface area contributed by atoms with Crippen LogP contribution in [0.3, 0.4) is 0 Å². The maximum Gasteiger partial charge on any atom is 0.328 e. The second-order valence-electron chi connectivity index (χ2n) is 5.20. The van der Waals surface area contributed by atoms with Gasteiger partial charge < -0.3 is 15.2 Å². The molecule has 5 heteroatoms. The molecule has 0 spiro atoms.